The van der Waals surface area contributed by atoms with Gasteiger partial charge in [-0.2, -0.15) is 0 Å². The molecule has 0 amide bonds. The summed E-state index contributed by atoms with van der Waals surface area (Å²) in [6.07, 6.45) is -2.93. The molecular formula is C11H7Cl2F3O2. The van der Waals surface area contributed by atoms with Crippen molar-refractivity contribution >= 4 is 29.2 Å². The van der Waals surface area contributed by atoms with Crippen LogP contribution in [0.25, 0.3) is 0 Å². The van der Waals surface area contributed by atoms with Crippen LogP contribution < -0.4 is 0 Å². The molecule has 1 fully saturated rings. The van der Waals surface area contributed by atoms with Gasteiger partial charge in [-0.25, -0.2) is 13.2 Å². The predicted molar refractivity (Wildman–Crippen MR) is 59.7 cm³/mol. The molecule has 2 nitrogen and oxygen atoms in total. The number of alkyl halides is 4. The largest absolute Gasteiger partial charge is 0.481 e. The molecule has 2 rings (SSSR count). The third-order valence-corrected chi connectivity index (χ3v) is 3.88. The molecule has 1 aromatic rings. The van der Waals surface area contributed by atoms with Crippen LogP contribution in [0.15, 0.2) is 18.2 Å². The van der Waals surface area contributed by atoms with E-state index in [4.69, 9.17) is 28.3 Å². The van der Waals surface area contributed by atoms with Gasteiger partial charge in [0.05, 0.1) is 11.5 Å². The molecule has 1 aromatic carbocycles. The van der Waals surface area contributed by atoms with Gasteiger partial charge in [0.15, 0.2) is 0 Å². The summed E-state index contributed by atoms with van der Waals surface area (Å²) in [5.41, 5.74) is -0.532. The molecule has 2 unspecified atom stereocenters. The Morgan fingerprint density at radius 2 is 2.00 bits per heavy atom. The van der Waals surface area contributed by atoms with E-state index in [2.05, 4.69) is 0 Å². The van der Waals surface area contributed by atoms with Crippen LogP contribution in [-0.4, -0.2) is 15.4 Å². The molecular weight excluding hydrogens is 292 g/mol. The van der Waals surface area contributed by atoms with Crippen LogP contribution in [-0.2, 0) is 4.79 Å². The molecule has 1 N–H and O–H groups in total. The molecule has 0 saturated heterocycles. The van der Waals surface area contributed by atoms with Gasteiger partial charge in [-0.15, -0.1) is 0 Å². The Morgan fingerprint density at radius 3 is 2.39 bits per heavy atom. The van der Waals surface area contributed by atoms with E-state index in [1.807, 2.05) is 0 Å². The van der Waals surface area contributed by atoms with Crippen molar-refractivity contribution in [1.29, 1.82) is 0 Å². The minimum Gasteiger partial charge on any atom is -0.481 e. The molecule has 0 aliphatic heterocycles. The first-order chi connectivity index (χ1) is 8.26. The van der Waals surface area contributed by atoms with E-state index in [-0.39, 0.29) is 5.56 Å². The highest BCUT2D eigenvalue weighted by molar-refractivity contribution is 6.53. The molecule has 7 heteroatoms. The molecule has 1 aliphatic carbocycles. The lowest BCUT2D eigenvalue weighted by Crippen LogP contribution is -2.03. The summed E-state index contributed by atoms with van der Waals surface area (Å²) in [6.45, 7) is 0. The van der Waals surface area contributed by atoms with E-state index >= 15 is 0 Å². The Bertz CT molecular complexity index is 505. The van der Waals surface area contributed by atoms with E-state index in [9.17, 15) is 18.0 Å². The average molecular weight is 299 g/mol. The summed E-state index contributed by atoms with van der Waals surface area (Å²) in [5, 5.41) is 8.85. The van der Waals surface area contributed by atoms with Gasteiger partial charge >= 0.3 is 5.97 Å². The van der Waals surface area contributed by atoms with Gasteiger partial charge in [-0.05, 0) is 11.6 Å². The van der Waals surface area contributed by atoms with Crippen LogP contribution in [0.3, 0.4) is 0 Å². The maximum atomic E-state index is 13.4. The van der Waals surface area contributed by atoms with E-state index in [0.717, 1.165) is 12.1 Å². The fourth-order valence-electron chi connectivity index (χ4n) is 1.96. The topological polar surface area (TPSA) is 37.3 Å². The smallest absolute Gasteiger partial charge is 0.310 e. The monoisotopic (exact) mass is 298 g/mol. The highest BCUT2D eigenvalue weighted by atomic mass is 35.5. The zero-order chi connectivity index (χ0) is 13.7. The summed E-state index contributed by atoms with van der Waals surface area (Å²) in [7, 11) is 0. The van der Waals surface area contributed by atoms with Crippen LogP contribution in [0.2, 0.25) is 0 Å². The third-order valence-electron chi connectivity index (χ3n) is 2.94. The normalized spacial score (nSPS) is 25.2. The lowest BCUT2D eigenvalue weighted by molar-refractivity contribution is -0.138. The molecule has 98 valence electrons. The Kier molecular flexibility index (Phi) is 3.23. The Labute approximate surface area is 110 Å². The van der Waals surface area contributed by atoms with Crippen LogP contribution in [0.5, 0.6) is 0 Å². The molecule has 0 aromatic heterocycles. The highest BCUT2D eigenvalue weighted by Crippen LogP contribution is 2.65. The highest BCUT2D eigenvalue weighted by Gasteiger charge is 2.68. The zero-order valence-electron chi connectivity index (χ0n) is 8.71. The number of benzene rings is 1. The Hall–Kier alpha value is -0.940. The van der Waals surface area contributed by atoms with Crippen molar-refractivity contribution in [3.8, 4) is 0 Å². The third kappa shape index (κ3) is 2.06. The van der Waals surface area contributed by atoms with Crippen molar-refractivity contribution in [2.75, 3.05) is 0 Å². The maximum Gasteiger partial charge on any atom is 0.310 e. The minimum atomic E-state index is -2.93. The number of hydrogen-bond donors (Lipinski definition) is 1. The van der Waals surface area contributed by atoms with E-state index in [1.54, 1.807) is 0 Å². The van der Waals surface area contributed by atoms with Crippen LogP contribution in [0.4, 0.5) is 13.2 Å². The fourth-order valence-corrected chi connectivity index (χ4v) is 2.78. The maximum absolute atomic E-state index is 13.4. The van der Waals surface area contributed by atoms with Crippen molar-refractivity contribution in [1.82, 2.24) is 0 Å². The van der Waals surface area contributed by atoms with E-state index < -0.39 is 39.9 Å². The number of hydrogen-bond acceptors (Lipinski definition) is 1. The number of carboxylic acid groups (broad SMARTS) is 1. The van der Waals surface area contributed by atoms with Gasteiger partial charge in [-0.3, -0.25) is 4.79 Å². The SMILES string of the molecule is O=C(O)C1C(c2ccc(C(F)F)c(F)c2)C1(Cl)Cl. The van der Waals surface area contributed by atoms with Crippen LogP contribution >= 0.6 is 23.2 Å². The van der Waals surface area contributed by atoms with Gasteiger partial charge < -0.3 is 5.11 Å². The van der Waals surface area contributed by atoms with Crippen LogP contribution in [0.1, 0.15) is 23.5 Å². The zero-order valence-corrected chi connectivity index (χ0v) is 10.2. The van der Waals surface area contributed by atoms with Gasteiger partial charge in [0, 0.05) is 5.92 Å². The second kappa shape index (κ2) is 4.31. The second-order valence-electron chi connectivity index (χ2n) is 4.05. The number of rotatable bonds is 3. The van der Waals surface area contributed by atoms with Crippen molar-refractivity contribution in [3.63, 3.8) is 0 Å². The summed E-state index contributed by atoms with van der Waals surface area (Å²) in [6, 6.07) is 2.99. The Balaban J connectivity index is 2.32. The van der Waals surface area contributed by atoms with E-state index in [0.29, 0.717) is 0 Å². The minimum absolute atomic E-state index is 0.203. The molecule has 0 radical (unpaired) electrons. The van der Waals surface area contributed by atoms with E-state index in [1.165, 1.54) is 6.07 Å². The van der Waals surface area contributed by atoms with Gasteiger partial charge in [0.1, 0.15) is 10.2 Å². The van der Waals surface area contributed by atoms with Gasteiger partial charge in [0.2, 0.25) is 0 Å². The van der Waals surface area contributed by atoms with Crippen molar-refractivity contribution in [2.45, 2.75) is 16.7 Å². The lowest BCUT2D eigenvalue weighted by Gasteiger charge is -2.05. The number of aliphatic carboxylic acids is 1. The summed E-state index contributed by atoms with van der Waals surface area (Å²) >= 11 is 11.5. The number of carboxylic acids is 1. The molecule has 2 atom stereocenters. The predicted octanol–water partition coefficient (Wildman–Crippen LogP) is 3.74. The number of halogens is 5. The molecule has 18 heavy (non-hydrogen) atoms. The first-order valence-corrected chi connectivity index (χ1v) is 5.70. The summed E-state index contributed by atoms with van der Waals surface area (Å²) < 4.78 is 36.5. The number of carbonyl (C=O) groups is 1. The molecule has 1 aliphatic rings. The van der Waals surface area contributed by atoms with Crippen molar-refractivity contribution in [2.24, 2.45) is 5.92 Å². The average Bonchev–Trinajstić information content (AvgIpc) is 2.81. The van der Waals surface area contributed by atoms with Crippen molar-refractivity contribution < 1.29 is 23.1 Å². The quantitative estimate of drug-likeness (QED) is 0.863. The van der Waals surface area contributed by atoms with Gasteiger partial charge in [-0.1, -0.05) is 35.3 Å². The van der Waals surface area contributed by atoms with Crippen molar-refractivity contribution in [3.05, 3.63) is 35.1 Å². The molecule has 1 saturated carbocycles. The molecule has 0 bridgehead atoms. The molecule has 0 spiro atoms. The second-order valence-corrected chi connectivity index (χ2v) is 5.49. The van der Waals surface area contributed by atoms with Gasteiger partial charge in [0.25, 0.3) is 6.43 Å². The standard InChI is InChI=1S/C11H7Cl2F3O2/c12-11(13)7(8(11)10(17)18)4-1-2-5(9(15)16)6(14)3-4/h1-3,7-9H,(H,17,18). The molecule has 0 heterocycles. The summed E-state index contributed by atoms with van der Waals surface area (Å²) in [5.74, 6) is -4.15. The fraction of sp³-hybridized carbons (Fsp3) is 0.364. The first kappa shape index (κ1) is 13.5. The Morgan fingerprint density at radius 1 is 1.39 bits per heavy atom. The first-order valence-electron chi connectivity index (χ1n) is 4.95. The summed E-state index contributed by atoms with van der Waals surface area (Å²) in [4.78, 5) is 10.8. The van der Waals surface area contributed by atoms with Crippen LogP contribution in [0, 0.1) is 11.7 Å². The lowest BCUT2D eigenvalue weighted by atomic mass is 10.1.